The molecule has 2 heterocycles. The molecule has 0 atom stereocenters. The molecule has 18 heavy (non-hydrogen) atoms. The SMILES string of the molecule is O=C(NCc1csc(-c2ccccn2)n1)C1CC1. The first kappa shape index (κ1) is 11.3. The summed E-state index contributed by atoms with van der Waals surface area (Å²) >= 11 is 1.55. The van der Waals surface area contributed by atoms with Gasteiger partial charge in [-0.15, -0.1) is 11.3 Å². The van der Waals surface area contributed by atoms with Crippen molar-refractivity contribution in [1.82, 2.24) is 15.3 Å². The smallest absolute Gasteiger partial charge is 0.223 e. The molecule has 4 nitrogen and oxygen atoms in total. The molecule has 5 heteroatoms. The van der Waals surface area contributed by atoms with Crippen molar-refractivity contribution in [2.75, 3.05) is 0 Å². The molecule has 1 amide bonds. The highest BCUT2D eigenvalue weighted by molar-refractivity contribution is 7.13. The van der Waals surface area contributed by atoms with Gasteiger partial charge in [0.15, 0.2) is 0 Å². The summed E-state index contributed by atoms with van der Waals surface area (Å²) in [5, 5.41) is 5.77. The van der Waals surface area contributed by atoms with Crippen molar-refractivity contribution < 1.29 is 4.79 Å². The lowest BCUT2D eigenvalue weighted by molar-refractivity contribution is -0.122. The zero-order valence-corrected chi connectivity index (χ0v) is 10.6. The first-order valence-electron chi connectivity index (χ1n) is 5.96. The van der Waals surface area contributed by atoms with Gasteiger partial charge >= 0.3 is 0 Å². The van der Waals surface area contributed by atoms with Gasteiger partial charge in [-0.1, -0.05) is 6.07 Å². The molecule has 2 aromatic heterocycles. The third-order valence-electron chi connectivity index (χ3n) is 2.83. The predicted molar refractivity (Wildman–Crippen MR) is 69.9 cm³/mol. The van der Waals surface area contributed by atoms with Crippen LogP contribution in [0.1, 0.15) is 18.5 Å². The van der Waals surface area contributed by atoms with Crippen LogP contribution in [0.5, 0.6) is 0 Å². The number of carbonyl (C=O) groups excluding carboxylic acids is 1. The molecule has 0 radical (unpaired) electrons. The van der Waals surface area contributed by atoms with E-state index in [-0.39, 0.29) is 11.8 Å². The lowest BCUT2D eigenvalue weighted by atomic mass is 10.3. The number of carbonyl (C=O) groups is 1. The lowest BCUT2D eigenvalue weighted by Crippen LogP contribution is -2.24. The summed E-state index contributed by atoms with van der Waals surface area (Å²) in [4.78, 5) is 20.2. The van der Waals surface area contributed by atoms with E-state index in [1.54, 1.807) is 17.5 Å². The van der Waals surface area contributed by atoms with Crippen LogP contribution in [0.4, 0.5) is 0 Å². The van der Waals surface area contributed by atoms with E-state index in [0.717, 1.165) is 29.2 Å². The van der Waals surface area contributed by atoms with Crippen molar-refractivity contribution in [3.05, 3.63) is 35.5 Å². The molecule has 0 aromatic carbocycles. The minimum absolute atomic E-state index is 0.155. The fourth-order valence-corrected chi connectivity index (χ4v) is 2.46. The average molecular weight is 259 g/mol. The maximum atomic E-state index is 11.5. The minimum atomic E-state index is 0.155. The Labute approximate surface area is 109 Å². The van der Waals surface area contributed by atoms with Crippen molar-refractivity contribution in [3.8, 4) is 10.7 Å². The maximum Gasteiger partial charge on any atom is 0.223 e. The van der Waals surface area contributed by atoms with Crippen LogP contribution in [0.2, 0.25) is 0 Å². The molecule has 1 N–H and O–H groups in total. The van der Waals surface area contributed by atoms with Gasteiger partial charge in [0, 0.05) is 17.5 Å². The Morgan fingerprint density at radius 1 is 1.44 bits per heavy atom. The number of aromatic nitrogens is 2. The summed E-state index contributed by atoms with van der Waals surface area (Å²) < 4.78 is 0. The van der Waals surface area contributed by atoms with Gasteiger partial charge in [0.1, 0.15) is 5.01 Å². The predicted octanol–water partition coefficient (Wildman–Crippen LogP) is 2.23. The van der Waals surface area contributed by atoms with Crippen molar-refractivity contribution in [2.24, 2.45) is 5.92 Å². The number of nitrogens with one attached hydrogen (secondary N) is 1. The van der Waals surface area contributed by atoms with E-state index >= 15 is 0 Å². The molecule has 3 rings (SSSR count). The zero-order valence-electron chi connectivity index (χ0n) is 9.80. The quantitative estimate of drug-likeness (QED) is 0.916. The van der Waals surface area contributed by atoms with E-state index in [0.29, 0.717) is 6.54 Å². The Bertz CT molecular complexity index is 548. The monoisotopic (exact) mass is 259 g/mol. The van der Waals surface area contributed by atoms with Gasteiger partial charge in [0.05, 0.1) is 17.9 Å². The van der Waals surface area contributed by atoms with E-state index < -0.39 is 0 Å². The number of thiazole rings is 1. The summed E-state index contributed by atoms with van der Waals surface area (Å²) in [6, 6.07) is 5.76. The van der Waals surface area contributed by atoms with Crippen LogP contribution in [0.25, 0.3) is 10.7 Å². The van der Waals surface area contributed by atoms with E-state index in [2.05, 4.69) is 15.3 Å². The van der Waals surface area contributed by atoms with Crippen molar-refractivity contribution in [1.29, 1.82) is 0 Å². The van der Waals surface area contributed by atoms with Gasteiger partial charge in [-0.3, -0.25) is 9.78 Å². The number of rotatable bonds is 4. The van der Waals surface area contributed by atoms with Gasteiger partial charge in [-0.2, -0.15) is 0 Å². The summed E-state index contributed by atoms with van der Waals surface area (Å²) in [5.41, 5.74) is 1.77. The average Bonchev–Trinajstić information content (AvgIpc) is 3.16. The van der Waals surface area contributed by atoms with Crippen LogP contribution < -0.4 is 5.32 Å². The molecule has 1 fully saturated rings. The van der Waals surface area contributed by atoms with Crippen LogP contribution in [-0.4, -0.2) is 15.9 Å². The Kier molecular flexibility index (Phi) is 3.06. The minimum Gasteiger partial charge on any atom is -0.350 e. The second-order valence-electron chi connectivity index (χ2n) is 4.35. The van der Waals surface area contributed by atoms with Crippen molar-refractivity contribution in [3.63, 3.8) is 0 Å². The van der Waals surface area contributed by atoms with Crippen LogP contribution >= 0.6 is 11.3 Å². The highest BCUT2D eigenvalue weighted by Gasteiger charge is 2.29. The van der Waals surface area contributed by atoms with E-state index in [1.807, 2.05) is 23.6 Å². The van der Waals surface area contributed by atoms with Crippen LogP contribution in [0, 0.1) is 5.92 Å². The van der Waals surface area contributed by atoms with Gasteiger partial charge in [0.2, 0.25) is 5.91 Å². The normalized spacial score (nSPS) is 14.4. The standard InChI is InChI=1S/C13H13N3OS/c17-12(9-4-5-9)15-7-10-8-18-13(16-10)11-3-1-2-6-14-11/h1-3,6,8-9H,4-5,7H2,(H,15,17). The zero-order chi connectivity index (χ0) is 12.4. The highest BCUT2D eigenvalue weighted by atomic mass is 32.1. The van der Waals surface area contributed by atoms with Crippen LogP contribution in [0.3, 0.4) is 0 Å². The summed E-state index contributed by atoms with van der Waals surface area (Å²) in [7, 11) is 0. The number of nitrogens with zero attached hydrogens (tertiary/aromatic N) is 2. The third-order valence-corrected chi connectivity index (χ3v) is 3.74. The number of amides is 1. The Morgan fingerprint density at radius 3 is 3.06 bits per heavy atom. The Hall–Kier alpha value is -1.75. The number of pyridine rings is 1. The van der Waals surface area contributed by atoms with Crippen LogP contribution in [0.15, 0.2) is 29.8 Å². The molecule has 2 aromatic rings. The van der Waals surface area contributed by atoms with E-state index in [9.17, 15) is 4.79 Å². The Morgan fingerprint density at radius 2 is 2.33 bits per heavy atom. The molecule has 0 aliphatic heterocycles. The number of hydrogen-bond acceptors (Lipinski definition) is 4. The molecular formula is C13H13N3OS. The topological polar surface area (TPSA) is 54.9 Å². The molecule has 1 aliphatic carbocycles. The van der Waals surface area contributed by atoms with Gasteiger partial charge in [-0.25, -0.2) is 4.98 Å². The largest absolute Gasteiger partial charge is 0.350 e. The molecule has 1 saturated carbocycles. The fraction of sp³-hybridized carbons (Fsp3) is 0.308. The molecular weight excluding hydrogens is 246 g/mol. The van der Waals surface area contributed by atoms with Gasteiger partial charge in [0.25, 0.3) is 0 Å². The molecule has 0 unspecified atom stereocenters. The molecule has 0 spiro atoms. The third kappa shape index (κ3) is 2.56. The second-order valence-corrected chi connectivity index (χ2v) is 5.21. The van der Waals surface area contributed by atoms with E-state index in [4.69, 9.17) is 0 Å². The summed E-state index contributed by atoms with van der Waals surface area (Å²) in [6.45, 7) is 0.513. The number of hydrogen-bond donors (Lipinski definition) is 1. The summed E-state index contributed by atoms with van der Waals surface area (Å²) in [5.74, 6) is 0.404. The molecule has 0 saturated heterocycles. The van der Waals surface area contributed by atoms with Gasteiger partial charge in [-0.05, 0) is 25.0 Å². The van der Waals surface area contributed by atoms with Crippen molar-refractivity contribution in [2.45, 2.75) is 19.4 Å². The molecule has 0 bridgehead atoms. The first-order valence-corrected chi connectivity index (χ1v) is 6.84. The highest BCUT2D eigenvalue weighted by Crippen LogP contribution is 2.29. The second kappa shape index (κ2) is 4.86. The van der Waals surface area contributed by atoms with Gasteiger partial charge < -0.3 is 5.32 Å². The molecule has 1 aliphatic rings. The van der Waals surface area contributed by atoms with Crippen LogP contribution in [-0.2, 0) is 11.3 Å². The maximum absolute atomic E-state index is 11.5. The summed E-state index contributed by atoms with van der Waals surface area (Å²) in [6.07, 6.45) is 3.81. The Balaban J connectivity index is 1.64. The van der Waals surface area contributed by atoms with E-state index in [1.165, 1.54) is 0 Å². The first-order chi connectivity index (χ1) is 8.83. The molecule has 92 valence electrons. The van der Waals surface area contributed by atoms with Crippen molar-refractivity contribution >= 4 is 17.2 Å². The lowest BCUT2D eigenvalue weighted by Gasteiger charge is -2.00. The fourth-order valence-electron chi connectivity index (χ4n) is 1.66.